The lowest BCUT2D eigenvalue weighted by Crippen LogP contribution is -2.28. The van der Waals surface area contributed by atoms with E-state index < -0.39 is 5.60 Å². The van der Waals surface area contributed by atoms with Crippen molar-refractivity contribution in [3.05, 3.63) is 40.8 Å². The highest BCUT2D eigenvalue weighted by Gasteiger charge is 2.22. The Balaban J connectivity index is 0.000000235. The van der Waals surface area contributed by atoms with Gasteiger partial charge in [0, 0.05) is 16.8 Å². The topological polar surface area (TPSA) is 119 Å². The van der Waals surface area contributed by atoms with Crippen LogP contribution in [0.5, 0.6) is 0 Å². The van der Waals surface area contributed by atoms with E-state index in [1.165, 1.54) is 6.20 Å². The van der Waals surface area contributed by atoms with E-state index in [1.807, 2.05) is 32.9 Å². The second kappa shape index (κ2) is 10.3. The van der Waals surface area contributed by atoms with Crippen LogP contribution in [0.3, 0.4) is 0 Å². The minimum Gasteiger partial charge on any atom is -0.393 e. The normalized spacial score (nSPS) is 18.9. The third-order valence-electron chi connectivity index (χ3n) is 5.66. The molecule has 0 aliphatic heterocycles. The smallest absolute Gasteiger partial charge is 0.220 e. The number of aryl methyl sites for hydroxylation is 1. The van der Waals surface area contributed by atoms with Crippen LogP contribution in [0.2, 0.25) is 5.02 Å². The number of halogens is 1. The fourth-order valence-electron chi connectivity index (χ4n) is 4.21. The predicted octanol–water partition coefficient (Wildman–Crippen LogP) is 4.28. The molecule has 9 heteroatoms. The van der Waals surface area contributed by atoms with Gasteiger partial charge in [-0.15, -0.1) is 0 Å². The fourth-order valence-corrected chi connectivity index (χ4v) is 4.40. The summed E-state index contributed by atoms with van der Waals surface area (Å²) in [6, 6.07) is 3.77. The van der Waals surface area contributed by atoms with Crippen LogP contribution >= 0.6 is 11.6 Å². The first kappa shape index (κ1) is 25.4. The van der Waals surface area contributed by atoms with E-state index in [-0.39, 0.29) is 12.1 Å². The number of nitrogens with zero attached hydrogens (tertiary/aromatic N) is 4. The van der Waals surface area contributed by atoms with Gasteiger partial charge in [-0.3, -0.25) is 0 Å². The quantitative estimate of drug-likeness (QED) is 0.515. The molecule has 2 atom stereocenters. The van der Waals surface area contributed by atoms with E-state index in [2.05, 4.69) is 15.1 Å². The van der Waals surface area contributed by atoms with Gasteiger partial charge in [0.1, 0.15) is 0 Å². The minimum absolute atomic E-state index is 0.118. The van der Waals surface area contributed by atoms with Crippen LogP contribution in [0.25, 0.3) is 16.8 Å². The Morgan fingerprint density at radius 1 is 1.24 bits per heavy atom. The molecule has 0 radical (unpaired) electrons. The predicted molar refractivity (Wildman–Crippen MR) is 130 cm³/mol. The Bertz CT molecular complexity index is 1090. The molecule has 1 aliphatic carbocycles. The minimum atomic E-state index is -0.943. The third kappa shape index (κ3) is 6.20. The summed E-state index contributed by atoms with van der Waals surface area (Å²) in [7, 11) is 0. The summed E-state index contributed by atoms with van der Waals surface area (Å²) in [4.78, 5) is 8.07. The summed E-state index contributed by atoms with van der Waals surface area (Å²) in [5.74, 6) is 0.156. The molecule has 1 aliphatic rings. The van der Waals surface area contributed by atoms with Crippen LogP contribution in [-0.4, -0.2) is 48.1 Å². The average Bonchev–Trinajstić information content (AvgIpc) is 3.14. The van der Waals surface area contributed by atoms with Crippen LogP contribution in [-0.2, 0) is 10.3 Å². The molecule has 0 spiro atoms. The van der Waals surface area contributed by atoms with Crippen LogP contribution < -0.4 is 5.73 Å². The van der Waals surface area contributed by atoms with E-state index in [4.69, 9.17) is 22.1 Å². The van der Waals surface area contributed by atoms with Crippen molar-refractivity contribution in [2.75, 3.05) is 5.73 Å². The number of aromatic nitrogens is 4. The number of hydrogen-bond acceptors (Lipinski definition) is 7. The number of fused-ring (bicyclic) bond motifs is 1. The number of ether oxygens (including phenoxy) is 1. The number of nitrogen functional groups attached to an aromatic ring is 1. The van der Waals surface area contributed by atoms with Crippen molar-refractivity contribution in [3.8, 4) is 11.3 Å². The zero-order chi connectivity index (χ0) is 24.3. The first-order chi connectivity index (χ1) is 15.5. The first-order valence-electron chi connectivity index (χ1n) is 11.3. The average molecular weight is 476 g/mol. The van der Waals surface area contributed by atoms with Gasteiger partial charge in [0.2, 0.25) is 5.95 Å². The largest absolute Gasteiger partial charge is 0.393 e. The molecular formula is C24H34ClN5O3. The Kier molecular flexibility index (Phi) is 7.95. The van der Waals surface area contributed by atoms with Crippen molar-refractivity contribution >= 4 is 23.1 Å². The highest BCUT2D eigenvalue weighted by molar-refractivity contribution is 6.33. The second-order valence-corrected chi connectivity index (χ2v) is 9.71. The Labute approximate surface area is 199 Å². The van der Waals surface area contributed by atoms with Gasteiger partial charge in [0.25, 0.3) is 0 Å². The standard InChI is InChI=1S/C15H16ClN5O.C9H18O2/c1-8-10(15(2,3)22)4-5-12-9(6-19-21(8)12)13-11(16)7-18-14(17)20-13;1-7(2)11-9-5-3-4-8(10)6-9/h4-7,22H,1-3H3,(H2,17,18,20);7-10H,3-6H2,1-2H3. The molecule has 3 heterocycles. The number of nitrogens with two attached hydrogens (primary N) is 1. The number of pyridine rings is 1. The van der Waals surface area contributed by atoms with Gasteiger partial charge in [-0.05, 0) is 66.4 Å². The molecule has 0 amide bonds. The third-order valence-corrected chi connectivity index (χ3v) is 5.94. The lowest BCUT2D eigenvalue weighted by Gasteiger charge is -2.27. The molecule has 4 N–H and O–H groups in total. The highest BCUT2D eigenvalue weighted by atomic mass is 35.5. The van der Waals surface area contributed by atoms with Crippen molar-refractivity contribution in [2.45, 2.75) is 84.2 Å². The molecule has 0 bridgehead atoms. The lowest BCUT2D eigenvalue weighted by atomic mass is 9.95. The van der Waals surface area contributed by atoms with Gasteiger partial charge in [-0.1, -0.05) is 17.7 Å². The van der Waals surface area contributed by atoms with Crippen molar-refractivity contribution < 1.29 is 14.9 Å². The van der Waals surface area contributed by atoms with Gasteiger partial charge in [0.05, 0.1) is 52.5 Å². The molecule has 180 valence electrons. The van der Waals surface area contributed by atoms with Gasteiger partial charge in [-0.25, -0.2) is 14.5 Å². The lowest BCUT2D eigenvalue weighted by molar-refractivity contribution is -0.0429. The Hall–Kier alpha value is -2.26. The molecule has 0 saturated heterocycles. The number of hydrogen-bond donors (Lipinski definition) is 3. The summed E-state index contributed by atoms with van der Waals surface area (Å²) in [5, 5.41) is 24.3. The summed E-state index contributed by atoms with van der Waals surface area (Å²) in [6.45, 7) is 9.48. The molecule has 33 heavy (non-hydrogen) atoms. The zero-order valence-corrected chi connectivity index (χ0v) is 20.7. The molecule has 1 saturated carbocycles. The van der Waals surface area contributed by atoms with Crippen LogP contribution in [0, 0.1) is 6.92 Å². The fraction of sp³-hybridized carbons (Fsp3) is 0.542. The molecule has 1 fully saturated rings. The first-order valence-corrected chi connectivity index (χ1v) is 11.7. The molecule has 8 nitrogen and oxygen atoms in total. The van der Waals surface area contributed by atoms with Crippen molar-refractivity contribution in [3.63, 3.8) is 0 Å². The summed E-state index contributed by atoms with van der Waals surface area (Å²) in [5.41, 5.74) is 8.52. The molecular weight excluding hydrogens is 442 g/mol. The van der Waals surface area contributed by atoms with Gasteiger partial charge in [-0.2, -0.15) is 5.10 Å². The molecule has 4 rings (SSSR count). The van der Waals surface area contributed by atoms with E-state index >= 15 is 0 Å². The maximum atomic E-state index is 10.2. The second-order valence-electron chi connectivity index (χ2n) is 9.30. The maximum absolute atomic E-state index is 10.2. The van der Waals surface area contributed by atoms with E-state index in [0.717, 1.165) is 48.0 Å². The summed E-state index contributed by atoms with van der Waals surface area (Å²) in [6.07, 6.45) is 7.66. The molecule has 0 aromatic carbocycles. The van der Waals surface area contributed by atoms with Crippen molar-refractivity contribution in [1.29, 1.82) is 0 Å². The molecule has 3 aromatic rings. The van der Waals surface area contributed by atoms with Crippen LogP contribution in [0.15, 0.2) is 24.5 Å². The van der Waals surface area contributed by atoms with Crippen LogP contribution in [0.4, 0.5) is 5.95 Å². The van der Waals surface area contributed by atoms with Gasteiger partial charge < -0.3 is 20.7 Å². The number of aliphatic hydroxyl groups excluding tert-OH is 1. The summed E-state index contributed by atoms with van der Waals surface area (Å²) >= 11 is 6.17. The van der Waals surface area contributed by atoms with E-state index in [1.54, 1.807) is 24.6 Å². The summed E-state index contributed by atoms with van der Waals surface area (Å²) < 4.78 is 7.36. The SMILES string of the molecule is CC(C)OC1CCCC(O)C1.Cc1c(C(C)(C)O)ccc2c(-c3nc(N)ncc3Cl)cnn12. The number of rotatable bonds is 4. The van der Waals surface area contributed by atoms with E-state index in [0.29, 0.717) is 22.9 Å². The van der Waals surface area contributed by atoms with Crippen LogP contribution in [0.1, 0.15) is 64.6 Å². The number of aliphatic hydroxyl groups is 2. The van der Waals surface area contributed by atoms with E-state index in [9.17, 15) is 10.2 Å². The van der Waals surface area contributed by atoms with Crippen molar-refractivity contribution in [2.24, 2.45) is 0 Å². The Morgan fingerprint density at radius 2 is 1.97 bits per heavy atom. The monoisotopic (exact) mass is 475 g/mol. The van der Waals surface area contributed by atoms with Gasteiger partial charge >= 0.3 is 0 Å². The molecule has 3 aromatic heterocycles. The van der Waals surface area contributed by atoms with Gasteiger partial charge in [0.15, 0.2) is 0 Å². The highest BCUT2D eigenvalue weighted by Crippen LogP contribution is 2.32. The maximum Gasteiger partial charge on any atom is 0.220 e. The molecule has 2 unspecified atom stereocenters. The zero-order valence-electron chi connectivity index (χ0n) is 19.9. The Morgan fingerprint density at radius 3 is 2.61 bits per heavy atom. The van der Waals surface area contributed by atoms with Crippen molar-refractivity contribution in [1.82, 2.24) is 19.6 Å². The number of anilines is 1.